The lowest BCUT2D eigenvalue weighted by atomic mass is 9.99. The molecule has 27 heavy (non-hydrogen) atoms. The maximum absolute atomic E-state index is 13.7. The van der Waals surface area contributed by atoms with Gasteiger partial charge < -0.3 is 9.64 Å². The molecule has 3 heterocycles. The largest absolute Gasteiger partial charge is 0.490 e. The van der Waals surface area contributed by atoms with Crippen molar-refractivity contribution in [2.45, 2.75) is 19.8 Å². The van der Waals surface area contributed by atoms with Crippen molar-refractivity contribution < 1.29 is 13.9 Å². The van der Waals surface area contributed by atoms with Crippen molar-refractivity contribution >= 4 is 11.7 Å². The number of nitrogens with zero attached hydrogens (tertiary/aromatic N) is 5. The van der Waals surface area contributed by atoms with E-state index in [1.165, 1.54) is 6.07 Å². The van der Waals surface area contributed by atoms with Crippen molar-refractivity contribution in [1.29, 1.82) is 0 Å². The molecule has 1 aromatic carbocycles. The zero-order valence-electron chi connectivity index (χ0n) is 15.0. The third-order valence-electron chi connectivity index (χ3n) is 4.73. The van der Waals surface area contributed by atoms with Gasteiger partial charge in [-0.1, -0.05) is 12.1 Å². The molecule has 2 aromatic heterocycles. The predicted octanol–water partition coefficient (Wildman–Crippen LogP) is 2.50. The average molecular weight is 369 g/mol. The van der Waals surface area contributed by atoms with Crippen LogP contribution in [0, 0.1) is 18.7 Å². The fourth-order valence-electron chi connectivity index (χ4n) is 3.32. The molecule has 1 saturated heterocycles. The first-order chi connectivity index (χ1) is 13.1. The fourth-order valence-corrected chi connectivity index (χ4v) is 3.32. The van der Waals surface area contributed by atoms with Gasteiger partial charge in [-0.15, -0.1) is 10.2 Å². The number of ether oxygens (including phenoxy) is 1. The SMILES string of the molecule is Cc1ccn2c(C(=O)N3CCC[C@H](COc4ccccc4F)C3)nnc2n1. The van der Waals surface area contributed by atoms with E-state index in [0.29, 0.717) is 25.5 Å². The Morgan fingerprint density at radius 1 is 1.30 bits per heavy atom. The van der Waals surface area contributed by atoms with Gasteiger partial charge in [0, 0.05) is 30.9 Å². The minimum atomic E-state index is -0.376. The molecular weight excluding hydrogens is 349 g/mol. The summed E-state index contributed by atoms with van der Waals surface area (Å²) in [6, 6.07) is 8.16. The van der Waals surface area contributed by atoms with Gasteiger partial charge >= 0.3 is 0 Å². The number of carbonyl (C=O) groups excluding carboxylic acids is 1. The molecule has 0 N–H and O–H groups in total. The van der Waals surface area contributed by atoms with Crippen LogP contribution in [-0.4, -0.2) is 50.1 Å². The van der Waals surface area contributed by atoms with E-state index in [1.807, 2.05) is 13.0 Å². The molecule has 0 spiro atoms. The van der Waals surface area contributed by atoms with Gasteiger partial charge in [0.15, 0.2) is 11.6 Å². The van der Waals surface area contributed by atoms with Crippen molar-refractivity contribution in [3.63, 3.8) is 0 Å². The number of likely N-dealkylation sites (tertiary alicyclic amines) is 1. The molecule has 1 aliphatic rings. The zero-order chi connectivity index (χ0) is 18.8. The second-order valence-electron chi connectivity index (χ2n) is 6.76. The number of para-hydroxylation sites is 1. The van der Waals surface area contributed by atoms with Crippen LogP contribution in [0.3, 0.4) is 0 Å². The van der Waals surface area contributed by atoms with Gasteiger partial charge in [-0.2, -0.15) is 0 Å². The highest BCUT2D eigenvalue weighted by Gasteiger charge is 2.28. The lowest BCUT2D eigenvalue weighted by Gasteiger charge is -2.32. The monoisotopic (exact) mass is 369 g/mol. The van der Waals surface area contributed by atoms with Crippen molar-refractivity contribution in [2.75, 3.05) is 19.7 Å². The highest BCUT2D eigenvalue weighted by Crippen LogP contribution is 2.22. The van der Waals surface area contributed by atoms with Crippen LogP contribution in [-0.2, 0) is 0 Å². The van der Waals surface area contributed by atoms with E-state index < -0.39 is 0 Å². The number of hydrogen-bond acceptors (Lipinski definition) is 5. The molecule has 3 aromatic rings. The molecule has 0 radical (unpaired) electrons. The van der Waals surface area contributed by atoms with E-state index in [9.17, 15) is 9.18 Å². The van der Waals surface area contributed by atoms with Crippen molar-refractivity contribution in [3.05, 3.63) is 53.9 Å². The molecule has 0 aliphatic carbocycles. The second-order valence-corrected chi connectivity index (χ2v) is 6.76. The number of carbonyl (C=O) groups is 1. The smallest absolute Gasteiger partial charge is 0.292 e. The molecule has 7 nitrogen and oxygen atoms in total. The van der Waals surface area contributed by atoms with E-state index in [1.54, 1.807) is 33.7 Å². The highest BCUT2D eigenvalue weighted by atomic mass is 19.1. The molecule has 0 bridgehead atoms. The number of fused-ring (bicyclic) bond motifs is 1. The predicted molar refractivity (Wildman–Crippen MR) is 96.0 cm³/mol. The van der Waals surface area contributed by atoms with Crippen LogP contribution in [0.1, 0.15) is 29.2 Å². The first kappa shape index (κ1) is 17.4. The zero-order valence-corrected chi connectivity index (χ0v) is 15.0. The standard InChI is InChI=1S/C19H20FN5O2/c1-13-8-10-25-17(22-23-19(25)21-13)18(26)24-9-4-5-14(11-24)12-27-16-7-3-2-6-15(16)20/h2-3,6-8,10,14H,4-5,9,11-12H2,1H3/t14-/m0/s1. The second kappa shape index (κ2) is 7.30. The number of rotatable bonds is 4. The van der Waals surface area contributed by atoms with Crippen LogP contribution < -0.4 is 4.74 Å². The van der Waals surface area contributed by atoms with Crippen molar-refractivity contribution in [2.24, 2.45) is 5.92 Å². The van der Waals surface area contributed by atoms with E-state index in [0.717, 1.165) is 18.5 Å². The lowest BCUT2D eigenvalue weighted by molar-refractivity contribution is 0.0618. The van der Waals surface area contributed by atoms with Gasteiger partial charge in [-0.3, -0.25) is 9.20 Å². The van der Waals surface area contributed by atoms with Crippen molar-refractivity contribution in [3.8, 4) is 5.75 Å². The Balaban J connectivity index is 1.44. The van der Waals surface area contributed by atoms with E-state index in [4.69, 9.17) is 4.74 Å². The summed E-state index contributed by atoms with van der Waals surface area (Å²) < 4.78 is 20.9. The van der Waals surface area contributed by atoms with E-state index in [2.05, 4.69) is 15.2 Å². The molecule has 1 atom stereocenters. The number of halogens is 1. The summed E-state index contributed by atoms with van der Waals surface area (Å²) in [4.78, 5) is 18.9. The first-order valence-electron chi connectivity index (χ1n) is 8.97. The van der Waals surface area contributed by atoms with Gasteiger partial charge in [0.05, 0.1) is 6.61 Å². The number of hydrogen-bond donors (Lipinski definition) is 0. The van der Waals surface area contributed by atoms with Crippen molar-refractivity contribution in [1.82, 2.24) is 24.5 Å². The summed E-state index contributed by atoms with van der Waals surface area (Å²) in [5.41, 5.74) is 0.817. The summed E-state index contributed by atoms with van der Waals surface area (Å²) in [5.74, 6) is 0.499. The van der Waals surface area contributed by atoms with E-state index in [-0.39, 0.29) is 29.2 Å². The van der Waals surface area contributed by atoms with Crippen LogP contribution in [0.5, 0.6) is 5.75 Å². The van der Waals surface area contributed by atoms with Gasteiger partial charge in [-0.05, 0) is 38.0 Å². The summed E-state index contributed by atoms with van der Waals surface area (Å²) in [5, 5.41) is 8.01. The Kier molecular flexibility index (Phi) is 4.70. The summed E-state index contributed by atoms with van der Waals surface area (Å²) in [6.07, 6.45) is 3.55. The molecule has 4 rings (SSSR count). The molecule has 1 amide bonds. The van der Waals surface area contributed by atoms with Gasteiger partial charge in [0.1, 0.15) is 0 Å². The number of aryl methyl sites for hydroxylation is 1. The molecule has 1 aliphatic heterocycles. The first-order valence-corrected chi connectivity index (χ1v) is 8.97. The van der Waals surface area contributed by atoms with Gasteiger partial charge in [-0.25, -0.2) is 9.37 Å². The molecule has 1 fully saturated rings. The van der Waals surface area contributed by atoms with Crippen LogP contribution >= 0.6 is 0 Å². The molecular formula is C19H20FN5O2. The topological polar surface area (TPSA) is 72.6 Å². The Morgan fingerprint density at radius 3 is 3.00 bits per heavy atom. The van der Waals surface area contributed by atoms with Crippen LogP contribution in [0.25, 0.3) is 5.78 Å². The Labute approximate surface area is 155 Å². The normalized spacial score (nSPS) is 17.3. The Bertz CT molecular complexity index is 974. The number of benzene rings is 1. The lowest BCUT2D eigenvalue weighted by Crippen LogP contribution is -2.42. The quantitative estimate of drug-likeness (QED) is 0.707. The van der Waals surface area contributed by atoms with Crippen LogP contribution in [0.2, 0.25) is 0 Å². The third-order valence-corrected chi connectivity index (χ3v) is 4.73. The average Bonchev–Trinajstić information content (AvgIpc) is 3.10. The number of piperidine rings is 1. The highest BCUT2D eigenvalue weighted by molar-refractivity contribution is 5.91. The Hall–Kier alpha value is -3.03. The summed E-state index contributed by atoms with van der Waals surface area (Å²) >= 11 is 0. The molecule has 140 valence electrons. The number of aromatic nitrogens is 4. The maximum Gasteiger partial charge on any atom is 0.292 e. The van der Waals surface area contributed by atoms with Gasteiger partial charge in [0.25, 0.3) is 11.7 Å². The molecule has 0 saturated carbocycles. The molecule has 0 unspecified atom stereocenters. The van der Waals surface area contributed by atoms with Crippen LogP contribution in [0.4, 0.5) is 4.39 Å². The summed E-state index contributed by atoms with van der Waals surface area (Å²) in [6.45, 7) is 3.43. The van der Waals surface area contributed by atoms with Gasteiger partial charge in [0.2, 0.25) is 5.82 Å². The third kappa shape index (κ3) is 3.60. The maximum atomic E-state index is 13.7. The van der Waals surface area contributed by atoms with E-state index >= 15 is 0 Å². The number of amides is 1. The summed E-state index contributed by atoms with van der Waals surface area (Å²) in [7, 11) is 0. The van der Waals surface area contributed by atoms with Crippen LogP contribution in [0.15, 0.2) is 36.5 Å². The molecule has 8 heteroatoms. The minimum Gasteiger partial charge on any atom is -0.490 e. The fraction of sp³-hybridized carbons (Fsp3) is 0.368. The Morgan fingerprint density at radius 2 is 2.15 bits per heavy atom. The minimum absolute atomic E-state index is 0.141.